The van der Waals surface area contributed by atoms with Gasteiger partial charge in [-0.25, -0.2) is 0 Å². The van der Waals surface area contributed by atoms with Crippen molar-refractivity contribution < 1.29 is 14.7 Å². The number of carbonyl (C=O) groups excluding carboxylic acids is 1. The van der Waals surface area contributed by atoms with Crippen molar-refractivity contribution in [3.63, 3.8) is 0 Å². The second kappa shape index (κ2) is 7.78. The van der Waals surface area contributed by atoms with Crippen molar-refractivity contribution in [3.05, 3.63) is 0 Å². The summed E-state index contributed by atoms with van der Waals surface area (Å²) in [5.74, 6) is -0.203. The number of carbonyl (C=O) groups is 2. The normalized spacial score (nSPS) is 27.4. The highest BCUT2D eigenvalue weighted by Crippen LogP contribution is 2.36. The molecule has 0 aromatic carbocycles. The van der Waals surface area contributed by atoms with E-state index in [4.69, 9.17) is 5.73 Å². The summed E-state index contributed by atoms with van der Waals surface area (Å²) in [7, 11) is 0. The van der Waals surface area contributed by atoms with Crippen LogP contribution in [-0.4, -0.2) is 29.6 Å². The van der Waals surface area contributed by atoms with Crippen LogP contribution in [0.15, 0.2) is 0 Å². The van der Waals surface area contributed by atoms with Crippen LogP contribution in [-0.2, 0) is 9.59 Å². The van der Waals surface area contributed by atoms with Crippen LogP contribution in [0.4, 0.5) is 0 Å². The first-order valence-electron chi connectivity index (χ1n) is 8.02. The molecule has 0 spiro atoms. The first-order valence-corrected chi connectivity index (χ1v) is 8.02. The van der Waals surface area contributed by atoms with E-state index < -0.39 is 11.4 Å². The maximum Gasteiger partial charge on any atom is 0.311 e. The molecule has 21 heavy (non-hydrogen) atoms. The second-order valence-corrected chi connectivity index (χ2v) is 7.02. The van der Waals surface area contributed by atoms with Gasteiger partial charge in [0, 0.05) is 12.5 Å². The van der Waals surface area contributed by atoms with E-state index in [0.717, 1.165) is 25.7 Å². The third-order valence-corrected chi connectivity index (χ3v) is 4.64. The van der Waals surface area contributed by atoms with Gasteiger partial charge in [-0.15, -0.1) is 0 Å². The highest BCUT2D eigenvalue weighted by Gasteiger charge is 2.43. The Kier molecular flexibility index (Phi) is 6.65. The van der Waals surface area contributed by atoms with Gasteiger partial charge in [0.25, 0.3) is 0 Å². The lowest BCUT2D eigenvalue weighted by atomic mass is 9.71. The van der Waals surface area contributed by atoms with Gasteiger partial charge >= 0.3 is 5.97 Å². The molecule has 0 aromatic heterocycles. The lowest BCUT2D eigenvalue weighted by Crippen LogP contribution is -2.52. The van der Waals surface area contributed by atoms with Crippen molar-refractivity contribution in [1.29, 1.82) is 0 Å². The Morgan fingerprint density at radius 3 is 2.57 bits per heavy atom. The lowest BCUT2D eigenvalue weighted by molar-refractivity contribution is -0.152. The number of rotatable bonds is 7. The third-order valence-electron chi connectivity index (χ3n) is 4.64. The molecule has 0 aliphatic heterocycles. The van der Waals surface area contributed by atoms with Crippen molar-refractivity contribution >= 4 is 11.9 Å². The van der Waals surface area contributed by atoms with Gasteiger partial charge in [-0.3, -0.25) is 9.59 Å². The van der Waals surface area contributed by atoms with Crippen molar-refractivity contribution in [2.45, 2.75) is 65.3 Å². The Labute approximate surface area is 127 Å². The Balaban J connectivity index is 2.61. The number of nitrogens with two attached hydrogens (primary N) is 1. The Hall–Kier alpha value is -1.10. The van der Waals surface area contributed by atoms with Gasteiger partial charge < -0.3 is 16.2 Å². The molecule has 5 heteroatoms. The van der Waals surface area contributed by atoms with Crippen LogP contribution >= 0.6 is 0 Å². The molecular weight excluding hydrogens is 268 g/mol. The van der Waals surface area contributed by atoms with Gasteiger partial charge in [0.2, 0.25) is 5.91 Å². The Bertz CT molecular complexity index is 371. The molecule has 0 saturated heterocycles. The summed E-state index contributed by atoms with van der Waals surface area (Å²) in [4.78, 5) is 23.7. The predicted octanol–water partition coefficient (Wildman–Crippen LogP) is 2.15. The number of hydrogen-bond donors (Lipinski definition) is 3. The lowest BCUT2D eigenvalue weighted by Gasteiger charge is -2.38. The van der Waals surface area contributed by atoms with Crippen molar-refractivity contribution in [2.75, 3.05) is 6.54 Å². The van der Waals surface area contributed by atoms with E-state index >= 15 is 0 Å². The molecule has 1 amide bonds. The summed E-state index contributed by atoms with van der Waals surface area (Å²) in [6.45, 7) is 6.47. The number of amides is 1. The molecule has 0 bridgehead atoms. The van der Waals surface area contributed by atoms with Crippen LogP contribution in [0.2, 0.25) is 0 Å². The van der Waals surface area contributed by atoms with Crippen molar-refractivity contribution in [2.24, 2.45) is 23.0 Å². The van der Waals surface area contributed by atoms with Crippen LogP contribution < -0.4 is 11.1 Å². The molecule has 122 valence electrons. The maximum atomic E-state index is 12.2. The first-order chi connectivity index (χ1) is 9.79. The van der Waals surface area contributed by atoms with E-state index in [0.29, 0.717) is 25.3 Å². The molecule has 0 heterocycles. The van der Waals surface area contributed by atoms with Crippen molar-refractivity contribution in [1.82, 2.24) is 5.32 Å². The highest BCUT2D eigenvalue weighted by molar-refractivity contribution is 5.80. The monoisotopic (exact) mass is 298 g/mol. The van der Waals surface area contributed by atoms with Gasteiger partial charge in [0.15, 0.2) is 0 Å². The molecule has 2 unspecified atom stereocenters. The molecule has 1 rings (SSSR count). The topological polar surface area (TPSA) is 92.4 Å². The number of carboxylic acids is 1. The van der Waals surface area contributed by atoms with Crippen LogP contribution in [0.25, 0.3) is 0 Å². The molecule has 0 aromatic rings. The van der Waals surface area contributed by atoms with Gasteiger partial charge in [-0.05, 0) is 44.6 Å². The summed E-state index contributed by atoms with van der Waals surface area (Å²) in [6.07, 6.45) is 4.56. The van der Waals surface area contributed by atoms with Crippen LogP contribution in [0, 0.1) is 17.3 Å². The third kappa shape index (κ3) is 4.99. The van der Waals surface area contributed by atoms with E-state index in [1.54, 1.807) is 6.92 Å². The van der Waals surface area contributed by atoms with E-state index in [9.17, 15) is 14.7 Å². The van der Waals surface area contributed by atoms with Crippen LogP contribution in [0.1, 0.15) is 59.3 Å². The van der Waals surface area contributed by atoms with Crippen LogP contribution in [0.5, 0.6) is 0 Å². The SMILES string of the molecule is CC(C)C[C@H](CN)CC(=O)NC1CCCCC1(C)C(=O)O. The Morgan fingerprint density at radius 2 is 2.05 bits per heavy atom. The average molecular weight is 298 g/mol. The summed E-state index contributed by atoms with van der Waals surface area (Å²) < 4.78 is 0. The van der Waals surface area contributed by atoms with E-state index in [1.165, 1.54) is 0 Å². The minimum atomic E-state index is -0.843. The molecule has 5 nitrogen and oxygen atoms in total. The average Bonchev–Trinajstić information content (AvgIpc) is 2.40. The molecule has 0 radical (unpaired) electrons. The molecule has 1 saturated carbocycles. The van der Waals surface area contributed by atoms with E-state index in [1.807, 2.05) is 0 Å². The fourth-order valence-corrected chi connectivity index (χ4v) is 3.27. The van der Waals surface area contributed by atoms with E-state index in [-0.39, 0.29) is 17.9 Å². The zero-order chi connectivity index (χ0) is 16.0. The second-order valence-electron chi connectivity index (χ2n) is 7.02. The van der Waals surface area contributed by atoms with Gasteiger partial charge in [0.1, 0.15) is 0 Å². The number of nitrogens with one attached hydrogen (secondary N) is 1. The predicted molar refractivity (Wildman–Crippen MR) is 82.8 cm³/mol. The van der Waals surface area contributed by atoms with Gasteiger partial charge in [-0.2, -0.15) is 0 Å². The largest absolute Gasteiger partial charge is 0.481 e. The standard InChI is InChI=1S/C16H30N2O3/c1-11(2)8-12(10-17)9-14(19)18-13-6-4-5-7-16(13,3)15(20)21/h11-13H,4-10,17H2,1-3H3,(H,18,19)(H,20,21)/t12-,13?,16?/m0/s1. The maximum absolute atomic E-state index is 12.2. The van der Waals surface area contributed by atoms with Gasteiger partial charge in [0.05, 0.1) is 5.41 Å². The minimum Gasteiger partial charge on any atom is -0.481 e. The zero-order valence-electron chi connectivity index (χ0n) is 13.5. The summed E-state index contributed by atoms with van der Waals surface area (Å²) >= 11 is 0. The first kappa shape index (κ1) is 18.0. The molecule has 4 N–H and O–H groups in total. The fraction of sp³-hybridized carbons (Fsp3) is 0.875. The molecular formula is C16H30N2O3. The summed E-state index contributed by atoms with van der Waals surface area (Å²) in [6, 6.07) is -0.270. The smallest absolute Gasteiger partial charge is 0.311 e. The number of aliphatic carboxylic acids is 1. The van der Waals surface area contributed by atoms with Crippen LogP contribution in [0.3, 0.4) is 0 Å². The van der Waals surface area contributed by atoms with Crippen molar-refractivity contribution in [3.8, 4) is 0 Å². The zero-order valence-corrected chi connectivity index (χ0v) is 13.5. The molecule has 1 aliphatic carbocycles. The fourth-order valence-electron chi connectivity index (χ4n) is 3.27. The van der Waals surface area contributed by atoms with E-state index in [2.05, 4.69) is 19.2 Å². The molecule has 1 fully saturated rings. The number of carboxylic acid groups (broad SMARTS) is 1. The van der Waals surface area contributed by atoms with Gasteiger partial charge in [-0.1, -0.05) is 26.7 Å². The number of hydrogen-bond acceptors (Lipinski definition) is 3. The Morgan fingerprint density at radius 1 is 1.38 bits per heavy atom. The molecule has 3 atom stereocenters. The summed E-state index contributed by atoms with van der Waals surface area (Å²) in [5, 5.41) is 12.4. The summed E-state index contributed by atoms with van der Waals surface area (Å²) in [5.41, 5.74) is 4.89. The molecule has 1 aliphatic rings. The highest BCUT2D eigenvalue weighted by atomic mass is 16.4. The quantitative estimate of drug-likeness (QED) is 0.671. The minimum absolute atomic E-state index is 0.0644.